The average Bonchev–Trinajstić information content (AvgIpc) is 3.30. The standard InChI is InChI=1S/C21H24N2O4/c1-12-4-13(2)21-16(10-26-19(21)5-12)8-20(24)22-18-11-25-9-15(18)7-17-6-14(3)23-27-17/h4-6,10,15,18H,7-9,11H2,1-3H3,(H,22,24)/t15-,18+/m1/s1. The second-order valence-corrected chi connectivity index (χ2v) is 7.50. The molecule has 1 fully saturated rings. The predicted molar refractivity (Wildman–Crippen MR) is 101 cm³/mol. The number of aromatic nitrogens is 1. The normalized spacial score (nSPS) is 19.7. The van der Waals surface area contributed by atoms with Gasteiger partial charge < -0.3 is 19.0 Å². The molecule has 1 aliphatic heterocycles. The molecule has 6 heteroatoms. The van der Waals surface area contributed by atoms with Crippen LogP contribution in [0.15, 0.2) is 33.4 Å². The molecule has 3 aromatic rings. The molecule has 142 valence electrons. The van der Waals surface area contributed by atoms with Gasteiger partial charge >= 0.3 is 0 Å². The van der Waals surface area contributed by atoms with Crippen molar-refractivity contribution in [3.63, 3.8) is 0 Å². The summed E-state index contributed by atoms with van der Waals surface area (Å²) in [6, 6.07) is 6.02. The fraction of sp³-hybridized carbons (Fsp3) is 0.429. The van der Waals surface area contributed by atoms with Gasteiger partial charge in [-0.3, -0.25) is 4.79 Å². The van der Waals surface area contributed by atoms with E-state index in [-0.39, 0.29) is 17.9 Å². The van der Waals surface area contributed by atoms with Gasteiger partial charge in [-0.15, -0.1) is 0 Å². The van der Waals surface area contributed by atoms with E-state index in [2.05, 4.69) is 16.5 Å². The van der Waals surface area contributed by atoms with Crippen molar-refractivity contribution < 1.29 is 18.5 Å². The van der Waals surface area contributed by atoms with Crippen molar-refractivity contribution in [3.05, 3.63) is 52.6 Å². The van der Waals surface area contributed by atoms with Crippen LogP contribution < -0.4 is 5.32 Å². The summed E-state index contributed by atoms with van der Waals surface area (Å²) in [5.41, 5.74) is 4.89. The topological polar surface area (TPSA) is 77.5 Å². The summed E-state index contributed by atoms with van der Waals surface area (Å²) in [6.07, 6.45) is 2.69. The minimum Gasteiger partial charge on any atom is -0.464 e. The number of carbonyl (C=O) groups is 1. The van der Waals surface area contributed by atoms with Crippen molar-refractivity contribution in [1.29, 1.82) is 0 Å². The fourth-order valence-corrected chi connectivity index (χ4v) is 3.92. The monoisotopic (exact) mass is 368 g/mol. The van der Waals surface area contributed by atoms with E-state index >= 15 is 0 Å². The number of benzene rings is 1. The van der Waals surface area contributed by atoms with Crippen LogP contribution in [0.2, 0.25) is 0 Å². The predicted octanol–water partition coefficient (Wildman–Crippen LogP) is 3.26. The van der Waals surface area contributed by atoms with Crippen molar-refractivity contribution in [2.75, 3.05) is 13.2 Å². The lowest BCUT2D eigenvalue weighted by molar-refractivity contribution is -0.121. The second-order valence-electron chi connectivity index (χ2n) is 7.50. The Morgan fingerprint density at radius 3 is 2.85 bits per heavy atom. The molecule has 4 rings (SSSR count). The highest BCUT2D eigenvalue weighted by molar-refractivity contribution is 5.90. The van der Waals surface area contributed by atoms with Gasteiger partial charge in [-0.25, -0.2) is 0 Å². The molecular weight excluding hydrogens is 344 g/mol. The molecule has 0 saturated carbocycles. The first-order valence-electron chi connectivity index (χ1n) is 9.26. The summed E-state index contributed by atoms with van der Waals surface area (Å²) < 4.78 is 16.6. The first kappa shape index (κ1) is 17.8. The zero-order valence-corrected chi connectivity index (χ0v) is 15.9. The first-order valence-corrected chi connectivity index (χ1v) is 9.26. The quantitative estimate of drug-likeness (QED) is 0.748. The molecule has 0 bridgehead atoms. The zero-order valence-electron chi connectivity index (χ0n) is 15.9. The van der Waals surface area contributed by atoms with Gasteiger partial charge in [-0.05, 0) is 38.0 Å². The summed E-state index contributed by atoms with van der Waals surface area (Å²) in [7, 11) is 0. The molecule has 1 N–H and O–H groups in total. The summed E-state index contributed by atoms with van der Waals surface area (Å²) >= 11 is 0. The van der Waals surface area contributed by atoms with Gasteiger partial charge in [0.05, 0.1) is 37.6 Å². The first-order chi connectivity index (χ1) is 13.0. The number of aryl methyl sites for hydroxylation is 3. The van der Waals surface area contributed by atoms with Gasteiger partial charge in [0.25, 0.3) is 0 Å². The molecule has 0 spiro atoms. The number of fused-ring (bicyclic) bond motifs is 1. The fourth-order valence-electron chi connectivity index (χ4n) is 3.92. The van der Waals surface area contributed by atoms with E-state index < -0.39 is 0 Å². The van der Waals surface area contributed by atoms with Crippen LogP contribution in [-0.4, -0.2) is 30.3 Å². The second kappa shape index (κ2) is 7.19. The number of carbonyl (C=O) groups excluding carboxylic acids is 1. The van der Waals surface area contributed by atoms with Gasteiger partial charge in [-0.2, -0.15) is 0 Å². The molecule has 6 nitrogen and oxygen atoms in total. The molecule has 1 amide bonds. The van der Waals surface area contributed by atoms with Gasteiger partial charge in [0.2, 0.25) is 5.91 Å². The van der Waals surface area contributed by atoms with Crippen molar-refractivity contribution in [2.45, 2.75) is 39.7 Å². The maximum absolute atomic E-state index is 12.6. The molecule has 0 unspecified atom stereocenters. The van der Waals surface area contributed by atoms with Crippen LogP contribution in [-0.2, 0) is 22.4 Å². The Bertz CT molecular complexity index is 972. The number of amides is 1. The Hall–Kier alpha value is -2.60. The van der Waals surface area contributed by atoms with E-state index in [9.17, 15) is 4.79 Å². The lowest BCUT2D eigenvalue weighted by atomic mass is 9.97. The maximum Gasteiger partial charge on any atom is 0.224 e. The van der Waals surface area contributed by atoms with E-state index in [0.717, 1.165) is 39.1 Å². The molecule has 2 aromatic heterocycles. The minimum absolute atomic E-state index is 0.0214. The van der Waals surface area contributed by atoms with Crippen LogP contribution in [0.1, 0.15) is 28.1 Å². The van der Waals surface area contributed by atoms with Crippen LogP contribution in [0.25, 0.3) is 11.0 Å². The molecule has 1 aromatic carbocycles. The summed E-state index contributed by atoms with van der Waals surface area (Å²) in [4.78, 5) is 12.6. The number of hydrogen-bond donors (Lipinski definition) is 1. The van der Waals surface area contributed by atoms with E-state index in [1.165, 1.54) is 0 Å². The third-order valence-corrected chi connectivity index (χ3v) is 5.13. The Kier molecular flexibility index (Phi) is 4.74. The lowest BCUT2D eigenvalue weighted by Crippen LogP contribution is -2.41. The largest absolute Gasteiger partial charge is 0.464 e. The van der Waals surface area contributed by atoms with E-state index in [1.807, 2.05) is 32.9 Å². The Labute approximate surface area is 157 Å². The highest BCUT2D eigenvalue weighted by atomic mass is 16.5. The van der Waals surface area contributed by atoms with Crippen molar-refractivity contribution >= 4 is 16.9 Å². The third kappa shape index (κ3) is 3.76. The molecule has 0 radical (unpaired) electrons. The van der Waals surface area contributed by atoms with Crippen LogP contribution in [0.5, 0.6) is 0 Å². The number of ether oxygens (including phenoxy) is 1. The average molecular weight is 368 g/mol. The van der Waals surface area contributed by atoms with Crippen LogP contribution in [0, 0.1) is 26.7 Å². The molecular formula is C21H24N2O4. The number of hydrogen-bond acceptors (Lipinski definition) is 5. The van der Waals surface area contributed by atoms with Gasteiger partial charge in [0.15, 0.2) is 0 Å². The van der Waals surface area contributed by atoms with E-state index in [4.69, 9.17) is 13.7 Å². The highest BCUT2D eigenvalue weighted by Gasteiger charge is 2.31. The third-order valence-electron chi connectivity index (χ3n) is 5.13. The van der Waals surface area contributed by atoms with E-state index in [1.54, 1.807) is 6.26 Å². The van der Waals surface area contributed by atoms with E-state index in [0.29, 0.717) is 26.1 Å². The summed E-state index contributed by atoms with van der Waals surface area (Å²) in [5.74, 6) is 0.993. The SMILES string of the molecule is Cc1cc(C)c2c(CC(=O)N[C@H]3COC[C@H]3Cc3cc(C)no3)coc2c1. The Morgan fingerprint density at radius 1 is 1.22 bits per heavy atom. The number of nitrogens with one attached hydrogen (secondary N) is 1. The smallest absolute Gasteiger partial charge is 0.224 e. The van der Waals surface area contributed by atoms with Crippen LogP contribution in [0.4, 0.5) is 0 Å². The molecule has 0 aliphatic carbocycles. The molecule has 2 atom stereocenters. The number of nitrogens with zero attached hydrogens (tertiary/aromatic N) is 1. The number of furan rings is 1. The lowest BCUT2D eigenvalue weighted by Gasteiger charge is -2.18. The van der Waals surface area contributed by atoms with Crippen molar-refractivity contribution in [2.24, 2.45) is 5.92 Å². The van der Waals surface area contributed by atoms with Gasteiger partial charge in [-0.1, -0.05) is 11.2 Å². The molecule has 27 heavy (non-hydrogen) atoms. The van der Waals surface area contributed by atoms with Gasteiger partial charge in [0.1, 0.15) is 11.3 Å². The number of rotatable bonds is 5. The van der Waals surface area contributed by atoms with Crippen molar-refractivity contribution in [3.8, 4) is 0 Å². The molecule has 3 heterocycles. The maximum atomic E-state index is 12.6. The Morgan fingerprint density at radius 2 is 2.07 bits per heavy atom. The highest BCUT2D eigenvalue weighted by Crippen LogP contribution is 2.27. The summed E-state index contributed by atoms with van der Waals surface area (Å²) in [6.45, 7) is 7.12. The van der Waals surface area contributed by atoms with Crippen LogP contribution >= 0.6 is 0 Å². The van der Waals surface area contributed by atoms with Gasteiger partial charge in [0, 0.05) is 29.4 Å². The van der Waals surface area contributed by atoms with Crippen LogP contribution in [0.3, 0.4) is 0 Å². The Balaban J connectivity index is 1.43. The molecule has 1 aliphatic rings. The summed E-state index contributed by atoms with van der Waals surface area (Å²) in [5, 5.41) is 8.08. The van der Waals surface area contributed by atoms with Crippen molar-refractivity contribution in [1.82, 2.24) is 10.5 Å². The minimum atomic E-state index is -0.0237. The zero-order chi connectivity index (χ0) is 19.0. The molecule has 1 saturated heterocycles.